The monoisotopic (exact) mass is 537 g/mol. The first kappa shape index (κ1) is 24.7. The van der Waals surface area contributed by atoms with Crippen LogP contribution in [0.1, 0.15) is 24.2 Å². The number of oxime groups is 1. The van der Waals surface area contributed by atoms with E-state index < -0.39 is 15.7 Å². The Labute approximate surface area is 217 Å². The number of anilines is 2. The molecule has 1 amide bonds. The molecule has 0 radical (unpaired) electrons. The maximum atomic E-state index is 13.3. The lowest BCUT2D eigenvalue weighted by Crippen LogP contribution is -2.24. The number of rotatable bonds is 9. The Balaban J connectivity index is 1.41. The van der Waals surface area contributed by atoms with Crippen LogP contribution in [0, 0.1) is 0 Å². The SMILES string of the molecule is CN(C)c1ccc2nc(NC(=O)/C(=N/OCc3ncccn3)c3ccc(S(=O)(=O)C4CC4)cc3)sc2n1. The van der Waals surface area contributed by atoms with E-state index in [0.29, 0.717) is 39.7 Å². The number of hydrogen-bond acceptors (Lipinski definition) is 11. The van der Waals surface area contributed by atoms with Crippen molar-refractivity contribution in [1.29, 1.82) is 0 Å². The molecule has 3 aromatic heterocycles. The zero-order chi connectivity index (χ0) is 26.0. The van der Waals surface area contributed by atoms with Crippen molar-refractivity contribution in [1.82, 2.24) is 19.9 Å². The van der Waals surface area contributed by atoms with Crippen LogP contribution in [-0.4, -0.2) is 59.3 Å². The van der Waals surface area contributed by atoms with Gasteiger partial charge in [-0.3, -0.25) is 10.1 Å². The minimum absolute atomic E-state index is 0.0486. The summed E-state index contributed by atoms with van der Waals surface area (Å²) in [6.45, 7) is -0.0515. The molecule has 5 rings (SSSR count). The summed E-state index contributed by atoms with van der Waals surface area (Å²) in [6, 6.07) is 11.4. The lowest BCUT2D eigenvalue weighted by Gasteiger charge is -2.09. The molecule has 37 heavy (non-hydrogen) atoms. The molecule has 0 saturated heterocycles. The van der Waals surface area contributed by atoms with Crippen LogP contribution in [0.4, 0.5) is 10.9 Å². The second kappa shape index (κ2) is 10.2. The summed E-state index contributed by atoms with van der Waals surface area (Å²) in [7, 11) is 0.421. The minimum Gasteiger partial charge on any atom is -0.387 e. The Bertz CT molecular complexity index is 1570. The quantitative estimate of drug-likeness (QED) is 0.252. The molecular weight excluding hydrogens is 514 g/mol. The van der Waals surface area contributed by atoms with Crippen molar-refractivity contribution >= 4 is 54.1 Å². The van der Waals surface area contributed by atoms with E-state index in [1.165, 1.54) is 23.5 Å². The van der Waals surface area contributed by atoms with Gasteiger partial charge in [-0.1, -0.05) is 28.6 Å². The first-order chi connectivity index (χ1) is 17.8. The van der Waals surface area contributed by atoms with E-state index >= 15 is 0 Å². The number of thiazole rings is 1. The normalized spacial score (nSPS) is 13.9. The van der Waals surface area contributed by atoms with Crippen LogP contribution in [0.2, 0.25) is 0 Å². The van der Waals surface area contributed by atoms with Crippen LogP contribution in [0.25, 0.3) is 10.3 Å². The average molecular weight is 538 g/mol. The van der Waals surface area contributed by atoms with Gasteiger partial charge < -0.3 is 9.74 Å². The Kier molecular flexibility index (Phi) is 6.80. The lowest BCUT2D eigenvalue weighted by molar-refractivity contribution is -0.110. The topological polar surface area (TPSA) is 140 Å². The molecule has 0 bridgehead atoms. The van der Waals surface area contributed by atoms with Crippen LogP contribution in [0.5, 0.6) is 0 Å². The fourth-order valence-electron chi connectivity index (χ4n) is 3.42. The third-order valence-electron chi connectivity index (χ3n) is 5.52. The van der Waals surface area contributed by atoms with Gasteiger partial charge >= 0.3 is 0 Å². The molecule has 1 aromatic carbocycles. The average Bonchev–Trinajstić information content (AvgIpc) is 3.68. The van der Waals surface area contributed by atoms with Gasteiger partial charge in [-0.15, -0.1) is 0 Å². The Morgan fingerprint density at radius 2 is 1.84 bits per heavy atom. The number of benzene rings is 1. The molecule has 1 N–H and O–H groups in total. The zero-order valence-corrected chi connectivity index (χ0v) is 21.7. The van der Waals surface area contributed by atoms with E-state index in [0.717, 1.165) is 5.82 Å². The van der Waals surface area contributed by atoms with E-state index in [1.54, 1.807) is 30.6 Å². The lowest BCUT2D eigenvalue weighted by atomic mass is 10.1. The molecular formula is C24H23N7O4S2. The summed E-state index contributed by atoms with van der Waals surface area (Å²) in [6.07, 6.45) is 4.49. The van der Waals surface area contributed by atoms with Crippen molar-refractivity contribution in [3.8, 4) is 0 Å². The predicted octanol–water partition coefficient (Wildman–Crippen LogP) is 3.04. The number of nitrogens with zero attached hydrogens (tertiary/aromatic N) is 6. The molecule has 4 aromatic rings. The summed E-state index contributed by atoms with van der Waals surface area (Å²) in [4.78, 5) is 38.6. The van der Waals surface area contributed by atoms with Gasteiger partial charge in [0, 0.05) is 32.1 Å². The molecule has 0 atom stereocenters. The fraction of sp³-hybridized carbons (Fsp3) is 0.250. The van der Waals surface area contributed by atoms with Crippen LogP contribution in [-0.2, 0) is 26.1 Å². The van der Waals surface area contributed by atoms with E-state index in [1.807, 2.05) is 31.1 Å². The van der Waals surface area contributed by atoms with Crippen molar-refractivity contribution < 1.29 is 18.0 Å². The second-order valence-corrected chi connectivity index (χ2v) is 11.7. The van der Waals surface area contributed by atoms with Gasteiger partial charge in [0.15, 0.2) is 33.1 Å². The van der Waals surface area contributed by atoms with Gasteiger partial charge in [0.2, 0.25) is 0 Å². The smallest absolute Gasteiger partial charge is 0.280 e. The summed E-state index contributed by atoms with van der Waals surface area (Å²) >= 11 is 1.23. The second-order valence-electron chi connectivity index (χ2n) is 8.51. The number of carbonyl (C=O) groups is 1. The number of sulfone groups is 1. The van der Waals surface area contributed by atoms with Crippen molar-refractivity contribution in [2.75, 3.05) is 24.3 Å². The number of carbonyl (C=O) groups excluding carboxylic acids is 1. The van der Waals surface area contributed by atoms with E-state index in [2.05, 4.69) is 30.4 Å². The van der Waals surface area contributed by atoms with E-state index in [-0.39, 0.29) is 22.5 Å². The molecule has 1 fully saturated rings. The van der Waals surface area contributed by atoms with E-state index in [4.69, 9.17) is 4.84 Å². The minimum atomic E-state index is -3.36. The van der Waals surface area contributed by atoms with Crippen LogP contribution in [0.15, 0.2) is 64.9 Å². The maximum Gasteiger partial charge on any atom is 0.280 e. The highest BCUT2D eigenvalue weighted by Gasteiger charge is 2.36. The van der Waals surface area contributed by atoms with Gasteiger partial charge in [-0.25, -0.2) is 28.4 Å². The van der Waals surface area contributed by atoms with Crippen LogP contribution < -0.4 is 10.2 Å². The van der Waals surface area contributed by atoms with Crippen molar-refractivity contribution in [2.24, 2.45) is 5.16 Å². The fourth-order valence-corrected chi connectivity index (χ4v) is 5.91. The Morgan fingerprint density at radius 1 is 1.11 bits per heavy atom. The van der Waals surface area contributed by atoms with Gasteiger partial charge in [0.25, 0.3) is 5.91 Å². The van der Waals surface area contributed by atoms with Gasteiger partial charge in [0.1, 0.15) is 16.2 Å². The highest BCUT2D eigenvalue weighted by atomic mass is 32.2. The highest BCUT2D eigenvalue weighted by molar-refractivity contribution is 7.92. The predicted molar refractivity (Wildman–Crippen MR) is 140 cm³/mol. The van der Waals surface area contributed by atoms with E-state index in [9.17, 15) is 13.2 Å². The largest absolute Gasteiger partial charge is 0.387 e. The maximum absolute atomic E-state index is 13.3. The van der Waals surface area contributed by atoms with Gasteiger partial charge in [-0.2, -0.15) is 0 Å². The van der Waals surface area contributed by atoms with Crippen LogP contribution in [0.3, 0.4) is 0 Å². The first-order valence-electron chi connectivity index (χ1n) is 11.4. The number of fused-ring (bicyclic) bond motifs is 1. The van der Waals surface area contributed by atoms with Gasteiger partial charge in [0.05, 0.1) is 10.1 Å². The summed E-state index contributed by atoms with van der Waals surface area (Å²) in [5, 5.41) is 6.81. The Hall–Kier alpha value is -3.97. The summed E-state index contributed by atoms with van der Waals surface area (Å²) < 4.78 is 25.1. The molecule has 1 aliphatic carbocycles. The van der Waals surface area contributed by atoms with Gasteiger partial charge in [-0.05, 0) is 43.2 Å². The third-order valence-corrected chi connectivity index (χ3v) is 8.68. The van der Waals surface area contributed by atoms with Crippen molar-refractivity contribution in [3.05, 3.63) is 66.2 Å². The first-order valence-corrected chi connectivity index (χ1v) is 13.7. The molecule has 0 spiro atoms. The number of pyridine rings is 1. The molecule has 190 valence electrons. The van der Waals surface area contributed by atoms with Crippen molar-refractivity contribution in [3.63, 3.8) is 0 Å². The zero-order valence-electron chi connectivity index (χ0n) is 20.0. The molecule has 0 aliphatic heterocycles. The van der Waals surface area contributed by atoms with Crippen LogP contribution >= 0.6 is 11.3 Å². The standard InChI is InChI=1S/C24H23N7O4S2/c1-31(2)20-11-10-18-23(28-20)36-24(27-18)29-22(32)21(30-35-14-19-25-12-3-13-26-19)15-4-6-16(7-5-15)37(33,34)17-8-9-17/h3-7,10-13,17H,8-9,14H2,1-2H3,(H,27,29,32)/b30-21+. The number of amides is 1. The Morgan fingerprint density at radius 3 is 2.51 bits per heavy atom. The molecule has 13 heteroatoms. The number of hydrogen-bond donors (Lipinski definition) is 1. The molecule has 11 nitrogen and oxygen atoms in total. The highest BCUT2D eigenvalue weighted by Crippen LogP contribution is 2.33. The van der Waals surface area contributed by atoms with Crippen molar-refractivity contribution in [2.45, 2.75) is 29.6 Å². The molecule has 0 unspecified atom stereocenters. The molecule has 3 heterocycles. The molecule has 1 saturated carbocycles. The molecule has 1 aliphatic rings. The summed E-state index contributed by atoms with van der Waals surface area (Å²) in [5.74, 6) is 0.596. The number of nitrogens with one attached hydrogen (secondary N) is 1. The third kappa shape index (κ3) is 5.57. The summed E-state index contributed by atoms with van der Waals surface area (Å²) in [5.41, 5.74) is 0.986. The number of aromatic nitrogens is 4.